The van der Waals surface area contributed by atoms with Crippen molar-refractivity contribution in [1.29, 1.82) is 0 Å². The van der Waals surface area contributed by atoms with Gasteiger partial charge in [-0.3, -0.25) is 4.68 Å². The number of rotatable bonds is 2. The summed E-state index contributed by atoms with van der Waals surface area (Å²) in [5.41, 5.74) is 1.09. The summed E-state index contributed by atoms with van der Waals surface area (Å²) in [6, 6.07) is 1.94. The highest BCUT2D eigenvalue weighted by Gasteiger charge is 2.02. The third-order valence-corrected chi connectivity index (χ3v) is 1.81. The van der Waals surface area contributed by atoms with Crippen molar-refractivity contribution >= 4 is 15.9 Å². The standard InChI is InChI=1S/C7H8BrN3/c1-9-4-3-6-5-7(8)10-11(6)2/h5H,3-4H2,2H3. The maximum atomic E-state index is 6.61. The van der Waals surface area contributed by atoms with Crippen molar-refractivity contribution in [2.75, 3.05) is 6.54 Å². The highest BCUT2D eigenvalue weighted by atomic mass is 79.9. The molecule has 0 fully saturated rings. The summed E-state index contributed by atoms with van der Waals surface area (Å²) >= 11 is 3.27. The Kier molecular flexibility index (Phi) is 2.66. The molecule has 0 N–H and O–H groups in total. The van der Waals surface area contributed by atoms with Gasteiger partial charge in [-0.15, -0.1) is 0 Å². The zero-order chi connectivity index (χ0) is 8.27. The molecule has 0 spiro atoms. The van der Waals surface area contributed by atoms with Crippen LogP contribution in [0.15, 0.2) is 10.7 Å². The molecule has 1 heterocycles. The number of nitrogens with zero attached hydrogens (tertiary/aromatic N) is 3. The van der Waals surface area contributed by atoms with Crippen LogP contribution in [0.3, 0.4) is 0 Å². The molecule has 58 valence electrons. The van der Waals surface area contributed by atoms with E-state index in [1.165, 1.54) is 0 Å². The monoisotopic (exact) mass is 213 g/mol. The van der Waals surface area contributed by atoms with Gasteiger partial charge in [-0.2, -0.15) is 5.10 Å². The molecule has 0 unspecified atom stereocenters. The van der Waals surface area contributed by atoms with Crippen molar-refractivity contribution < 1.29 is 0 Å². The molecule has 0 aliphatic rings. The molecule has 0 aliphatic heterocycles. The molecule has 0 aliphatic carbocycles. The van der Waals surface area contributed by atoms with Crippen LogP contribution in [-0.2, 0) is 13.5 Å². The SMILES string of the molecule is [C-]#[N+]CCc1cc(Br)nn1C. The highest BCUT2D eigenvalue weighted by Crippen LogP contribution is 2.09. The Morgan fingerprint density at radius 1 is 1.82 bits per heavy atom. The molecule has 1 rings (SSSR count). The lowest BCUT2D eigenvalue weighted by Gasteiger charge is -1.93. The average Bonchev–Trinajstić information content (AvgIpc) is 2.26. The molecule has 0 saturated carbocycles. The summed E-state index contributed by atoms with van der Waals surface area (Å²) < 4.78 is 2.62. The molecular weight excluding hydrogens is 206 g/mol. The van der Waals surface area contributed by atoms with Gasteiger partial charge >= 0.3 is 0 Å². The lowest BCUT2D eigenvalue weighted by Crippen LogP contribution is -1.98. The minimum atomic E-state index is 0.534. The van der Waals surface area contributed by atoms with Gasteiger partial charge < -0.3 is 4.85 Å². The van der Waals surface area contributed by atoms with Crippen LogP contribution >= 0.6 is 15.9 Å². The first-order valence-corrected chi connectivity index (χ1v) is 4.05. The molecule has 0 saturated heterocycles. The lowest BCUT2D eigenvalue weighted by atomic mass is 10.3. The Balaban J connectivity index is 2.71. The van der Waals surface area contributed by atoms with E-state index in [9.17, 15) is 0 Å². The molecule has 0 amide bonds. The molecule has 3 nitrogen and oxygen atoms in total. The predicted molar refractivity (Wildman–Crippen MR) is 46.1 cm³/mol. The van der Waals surface area contributed by atoms with Crippen LogP contribution in [0.1, 0.15) is 5.69 Å². The highest BCUT2D eigenvalue weighted by molar-refractivity contribution is 9.10. The van der Waals surface area contributed by atoms with Gasteiger partial charge in [0.15, 0.2) is 0 Å². The van der Waals surface area contributed by atoms with Crippen molar-refractivity contribution in [2.45, 2.75) is 6.42 Å². The van der Waals surface area contributed by atoms with E-state index < -0.39 is 0 Å². The second-order valence-corrected chi connectivity index (χ2v) is 3.03. The Morgan fingerprint density at radius 2 is 2.55 bits per heavy atom. The summed E-state index contributed by atoms with van der Waals surface area (Å²) in [6.45, 7) is 7.15. The summed E-state index contributed by atoms with van der Waals surface area (Å²) in [4.78, 5) is 3.27. The topological polar surface area (TPSA) is 22.2 Å². The Hall–Kier alpha value is -0.820. The fourth-order valence-electron chi connectivity index (χ4n) is 0.872. The van der Waals surface area contributed by atoms with E-state index in [0.29, 0.717) is 6.54 Å². The first-order valence-electron chi connectivity index (χ1n) is 3.25. The summed E-state index contributed by atoms with van der Waals surface area (Å²) in [5, 5.41) is 4.09. The maximum absolute atomic E-state index is 6.61. The third kappa shape index (κ3) is 2.05. The predicted octanol–water partition coefficient (Wildman–Crippen LogP) is 1.64. The number of hydrogen-bond donors (Lipinski definition) is 0. The Labute approximate surface area is 74.0 Å². The third-order valence-electron chi connectivity index (χ3n) is 1.43. The molecular formula is C7H8BrN3. The maximum Gasteiger partial charge on any atom is 0.220 e. The van der Waals surface area contributed by atoms with E-state index in [-0.39, 0.29) is 0 Å². The fraction of sp³-hybridized carbons (Fsp3) is 0.429. The number of aryl methyl sites for hydroxylation is 1. The number of hydrogen-bond acceptors (Lipinski definition) is 1. The van der Waals surface area contributed by atoms with Gasteiger partial charge in [-0.25, -0.2) is 6.57 Å². The van der Waals surface area contributed by atoms with E-state index in [0.717, 1.165) is 16.7 Å². The molecule has 0 aromatic carbocycles. The van der Waals surface area contributed by atoms with Crippen LogP contribution in [0.25, 0.3) is 4.85 Å². The van der Waals surface area contributed by atoms with E-state index in [2.05, 4.69) is 25.9 Å². The van der Waals surface area contributed by atoms with Crippen molar-refractivity contribution in [3.8, 4) is 0 Å². The smallest absolute Gasteiger partial charge is 0.220 e. The minimum Gasteiger partial charge on any atom is -0.317 e. The van der Waals surface area contributed by atoms with Gasteiger partial charge in [0.1, 0.15) is 4.60 Å². The molecule has 4 heteroatoms. The van der Waals surface area contributed by atoms with Gasteiger partial charge in [0.25, 0.3) is 0 Å². The molecule has 0 radical (unpaired) electrons. The zero-order valence-electron chi connectivity index (χ0n) is 6.21. The zero-order valence-corrected chi connectivity index (χ0v) is 7.80. The van der Waals surface area contributed by atoms with Crippen LogP contribution in [0.5, 0.6) is 0 Å². The van der Waals surface area contributed by atoms with Gasteiger partial charge in [0.05, 0.1) is 6.42 Å². The van der Waals surface area contributed by atoms with Crippen molar-refractivity contribution in [2.24, 2.45) is 7.05 Å². The van der Waals surface area contributed by atoms with Crippen LogP contribution < -0.4 is 0 Å². The van der Waals surface area contributed by atoms with Crippen LogP contribution in [0, 0.1) is 6.57 Å². The van der Waals surface area contributed by atoms with Crippen LogP contribution in [0.2, 0.25) is 0 Å². The average molecular weight is 214 g/mol. The molecule has 0 atom stereocenters. The lowest BCUT2D eigenvalue weighted by molar-refractivity contribution is 0.710. The second kappa shape index (κ2) is 3.54. The fourth-order valence-corrected chi connectivity index (χ4v) is 1.37. The van der Waals surface area contributed by atoms with E-state index in [4.69, 9.17) is 6.57 Å². The summed E-state index contributed by atoms with van der Waals surface area (Å²) in [6.07, 6.45) is 0.776. The largest absolute Gasteiger partial charge is 0.317 e. The molecule has 11 heavy (non-hydrogen) atoms. The normalized spacial score (nSPS) is 9.55. The van der Waals surface area contributed by atoms with Crippen molar-refractivity contribution in [3.63, 3.8) is 0 Å². The minimum absolute atomic E-state index is 0.534. The van der Waals surface area contributed by atoms with Crippen molar-refractivity contribution in [3.05, 3.63) is 27.8 Å². The number of aromatic nitrogens is 2. The van der Waals surface area contributed by atoms with Gasteiger partial charge in [-0.05, 0) is 22.0 Å². The van der Waals surface area contributed by atoms with Gasteiger partial charge in [0, 0.05) is 12.7 Å². The Morgan fingerprint density at radius 3 is 3.00 bits per heavy atom. The summed E-state index contributed by atoms with van der Waals surface area (Å²) in [5.74, 6) is 0. The molecule has 0 bridgehead atoms. The molecule has 1 aromatic heterocycles. The first kappa shape index (κ1) is 8.28. The van der Waals surface area contributed by atoms with Gasteiger partial charge in [-0.1, -0.05) is 0 Å². The van der Waals surface area contributed by atoms with E-state index in [1.807, 2.05) is 13.1 Å². The number of halogens is 1. The summed E-state index contributed by atoms with van der Waals surface area (Å²) in [7, 11) is 1.88. The second-order valence-electron chi connectivity index (χ2n) is 2.21. The molecule has 1 aromatic rings. The van der Waals surface area contributed by atoms with Gasteiger partial charge in [0.2, 0.25) is 6.54 Å². The van der Waals surface area contributed by atoms with Crippen molar-refractivity contribution in [1.82, 2.24) is 9.78 Å². The first-order chi connectivity index (χ1) is 5.24. The van der Waals surface area contributed by atoms with Crippen LogP contribution in [0.4, 0.5) is 0 Å². The quantitative estimate of drug-likeness (QED) is 0.686. The van der Waals surface area contributed by atoms with Crippen LogP contribution in [-0.4, -0.2) is 16.3 Å². The van der Waals surface area contributed by atoms with E-state index >= 15 is 0 Å². The van der Waals surface area contributed by atoms with E-state index in [1.54, 1.807) is 4.68 Å². The Bertz CT molecular complexity index is 284.